The van der Waals surface area contributed by atoms with Gasteiger partial charge in [0.2, 0.25) is 0 Å². The quantitative estimate of drug-likeness (QED) is 0.463. The van der Waals surface area contributed by atoms with E-state index in [2.05, 4.69) is 25.8 Å². The first-order valence-corrected chi connectivity index (χ1v) is 10.1. The molecule has 6 rings (SSSR count). The summed E-state index contributed by atoms with van der Waals surface area (Å²) in [5, 5.41) is 14.8. The molecular formula is C23H19N7. The van der Waals surface area contributed by atoms with Gasteiger partial charge in [-0.2, -0.15) is 5.10 Å². The van der Waals surface area contributed by atoms with Crippen molar-refractivity contribution in [3.63, 3.8) is 0 Å². The molecule has 0 aliphatic carbocycles. The summed E-state index contributed by atoms with van der Waals surface area (Å²) in [6.45, 7) is 2.97. The number of hydrogen-bond acceptors (Lipinski definition) is 5. The zero-order valence-electron chi connectivity index (χ0n) is 16.5. The Labute approximate surface area is 173 Å². The van der Waals surface area contributed by atoms with Crippen molar-refractivity contribution in [3.05, 3.63) is 72.4 Å². The van der Waals surface area contributed by atoms with Crippen LogP contribution in [-0.4, -0.2) is 34.5 Å². The van der Waals surface area contributed by atoms with E-state index in [1.165, 1.54) is 0 Å². The summed E-state index contributed by atoms with van der Waals surface area (Å²) in [4.78, 5) is 9.29. The van der Waals surface area contributed by atoms with Crippen molar-refractivity contribution in [2.45, 2.75) is 26.3 Å². The Morgan fingerprint density at radius 2 is 1.90 bits per heavy atom. The highest BCUT2D eigenvalue weighted by atomic mass is 15.3. The summed E-state index contributed by atoms with van der Waals surface area (Å²) in [5.41, 5.74) is 5.52. The topological polar surface area (TPSA) is 74.3 Å². The highest BCUT2D eigenvalue weighted by Gasteiger charge is 2.24. The van der Waals surface area contributed by atoms with Gasteiger partial charge in [0.15, 0.2) is 11.5 Å². The molecule has 4 aromatic heterocycles. The number of hydrogen-bond donors (Lipinski definition) is 0. The number of benzene rings is 1. The number of para-hydroxylation sites is 1. The second-order valence-corrected chi connectivity index (χ2v) is 7.52. The maximum absolute atomic E-state index is 5.01. The van der Waals surface area contributed by atoms with Gasteiger partial charge in [-0.25, -0.2) is 9.67 Å². The first-order valence-electron chi connectivity index (χ1n) is 10.1. The molecule has 0 atom stereocenters. The van der Waals surface area contributed by atoms with Gasteiger partial charge < -0.3 is 4.57 Å². The largest absolute Gasteiger partial charge is 0.311 e. The Morgan fingerprint density at radius 1 is 1.00 bits per heavy atom. The third-order valence-corrected chi connectivity index (χ3v) is 5.62. The Balaban J connectivity index is 1.69. The van der Waals surface area contributed by atoms with E-state index in [-0.39, 0.29) is 0 Å². The van der Waals surface area contributed by atoms with E-state index >= 15 is 0 Å². The van der Waals surface area contributed by atoms with Gasteiger partial charge in [0.25, 0.3) is 0 Å². The number of aryl methyl sites for hydroxylation is 2. The van der Waals surface area contributed by atoms with E-state index in [0.717, 1.165) is 70.3 Å². The molecule has 0 unspecified atom stereocenters. The maximum atomic E-state index is 5.01. The highest BCUT2D eigenvalue weighted by molar-refractivity contribution is 5.96. The summed E-state index contributed by atoms with van der Waals surface area (Å²) < 4.78 is 4.14. The molecule has 0 amide bonds. The minimum atomic E-state index is 0.811. The van der Waals surface area contributed by atoms with Crippen molar-refractivity contribution >= 4 is 11.0 Å². The number of pyridine rings is 2. The lowest BCUT2D eigenvalue weighted by Gasteiger charge is -2.09. The molecule has 30 heavy (non-hydrogen) atoms. The second kappa shape index (κ2) is 6.59. The molecule has 7 heteroatoms. The molecule has 0 spiro atoms. The van der Waals surface area contributed by atoms with Crippen LogP contribution in [-0.2, 0) is 13.0 Å². The fourth-order valence-electron chi connectivity index (χ4n) is 4.23. The third kappa shape index (κ3) is 2.55. The molecule has 0 radical (unpaired) electrons. The standard InChI is InChI=1S/C23H19N7/c1-15-21-18(22-27-26-20-10-6-12-29(20)22)13-19(16-7-5-11-24-14-16)25-23(21)30(28-15)17-8-3-2-4-9-17/h2-5,7-9,11,13-14H,6,10,12H2,1H3. The molecule has 0 N–H and O–H groups in total. The van der Waals surface area contributed by atoms with Crippen molar-refractivity contribution in [2.75, 3.05) is 0 Å². The predicted octanol–water partition coefficient (Wildman–Crippen LogP) is 4.00. The van der Waals surface area contributed by atoms with Crippen molar-refractivity contribution in [1.82, 2.24) is 34.5 Å². The normalized spacial score (nSPS) is 13.1. The molecule has 1 aliphatic heterocycles. The Hall–Kier alpha value is -3.87. The van der Waals surface area contributed by atoms with Gasteiger partial charge in [0, 0.05) is 36.5 Å². The van der Waals surface area contributed by atoms with Gasteiger partial charge in [-0.1, -0.05) is 18.2 Å². The minimum Gasteiger partial charge on any atom is -0.311 e. The monoisotopic (exact) mass is 393 g/mol. The summed E-state index contributed by atoms with van der Waals surface area (Å²) in [7, 11) is 0. The van der Waals surface area contributed by atoms with Crippen LogP contribution in [0, 0.1) is 6.92 Å². The maximum Gasteiger partial charge on any atom is 0.164 e. The van der Waals surface area contributed by atoms with Crippen LogP contribution in [0.25, 0.3) is 39.4 Å². The number of nitrogens with zero attached hydrogens (tertiary/aromatic N) is 7. The molecule has 0 fully saturated rings. The Bertz CT molecular complexity index is 1370. The van der Waals surface area contributed by atoms with E-state index in [1.807, 2.05) is 60.3 Å². The van der Waals surface area contributed by atoms with Crippen LogP contribution < -0.4 is 0 Å². The van der Waals surface area contributed by atoms with Gasteiger partial charge in [-0.05, 0) is 43.7 Å². The van der Waals surface area contributed by atoms with Gasteiger partial charge in [-0.15, -0.1) is 10.2 Å². The SMILES string of the molecule is Cc1nn(-c2ccccc2)c2nc(-c3cccnc3)cc(-c3nnc4n3CCC4)c12. The number of rotatable bonds is 3. The summed E-state index contributed by atoms with van der Waals surface area (Å²) >= 11 is 0. The van der Waals surface area contributed by atoms with Gasteiger partial charge >= 0.3 is 0 Å². The number of aromatic nitrogens is 7. The summed E-state index contributed by atoms with van der Waals surface area (Å²) in [5.74, 6) is 1.93. The highest BCUT2D eigenvalue weighted by Crippen LogP contribution is 2.35. The zero-order valence-corrected chi connectivity index (χ0v) is 16.5. The van der Waals surface area contributed by atoms with Crippen LogP contribution in [0.1, 0.15) is 17.9 Å². The summed E-state index contributed by atoms with van der Waals surface area (Å²) in [6, 6.07) is 16.1. The van der Waals surface area contributed by atoms with E-state index in [9.17, 15) is 0 Å². The number of fused-ring (bicyclic) bond motifs is 2. The van der Waals surface area contributed by atoms with Gasteiger partial charge in [0.05, 0.1) is 22.5 Å². The average Bonchev–Trinajstić information content (AvgIpc) is 3.49. The molecule has 0 bridgehead atoms. The van der Waals surface area contributed by atoms with Crippen LogP contribution in [0.15, 0.2) is 60.9 Å². The molecule has 7 nitrogen and oxygen atoms in total. The van der Waals surface area contributed by atoms with Crippen LogP contribution in [0.3, 0.4) is 0 Å². The molecule has 0 saturated carbocycles. The lowest BCUT2D eigenvalue weighted by Crippen LogP contribution is -2.01. The van der Waals surface area contributed by atoms with Gasteiger partial charge in [-0.3, -0.25) is 4.98 Å². The van der Waals surface area contributed by atoms with Crippen molar-refractivity contribution in [2.24, 2.45) is 0 Å². The second-order valence-electron chi connectivity index (χ2n) is 7.52. The third-order valence-electron chi connectivity index (χ3n) is 5.62. The van der Waals surface area contributed by atoms with E-state index in [1.54, 1.807) is 6.20 Å². The predicted molar refractivity (Wildman–Crippen MR) is 114 cm³/mol. The molecular weight excluding hydrogens is 374 g/mol. The molecule has 1 aliphatic rings. The fourth-order valence-corrected chi connectivity index (χ4v) is 4.23. The Kier molecular flexibility index (Phi) is 3.74. The van der Waals surface area contributed by atoms with Crippen LogP contribution in [0.5, 0.6) is 0 Å². The lowest BCUT2D eigenvalue weighted by molar-refractivity contribution is 0.749. The van der Waals surface area contributed by atoms with Crippen LogP contribution in [0.4, 0.5) is 0 Å². The van der Waals surface area contributed by atoms with E-state index in [0.29, 0.717) is 0 Å². The first-order chi connectivity index (χ1) is 14.8. The van der Waals surface area contributed by atoms with Crippen molar-refractivity contribution < 1.29 is 0 Å². The first kappa shape index (κ1) is 17.0. The molecule has 146 valence electrons. The van der Waals surface area contributed by atoms with Gasteiger partial charge in [0.1, 0.15) is 5.82 Å². The molecule has 0 saturated heterocycles. The van der Waals surface area contributed by atoms with Crippen LogP contribution >= 0.6 is 0 Å². The van der Waals surface area contributed by atoms with Crippen molar-refractivity contribution in [3.8, 4) is 28.3 Å². The summed E-state index contributed by atoms with van der Waals surface area (Å²) in [6.07, 6.45) is 5.68. The zero-order chi connectivity index (χ0) is 20.1. The fraction of sp³-hybridized carbons (Fsp3) is 0.174. The minimum absolute atomic E-state index is 0.811. The lowest BCUT2D eigenvalue weighted by atomic mass is 10.1. The Morgan fingerprint density at radius 3 is 2.73 bits per heavy atom. The molecule has 5 heterocycles. The molecule has 5 aromatic rings. The van der Waals surface area contributed by atoms with E-state index in [4.69, 9.17) is 10.1 Å². The van der Waals surface area contributed by atoms with E-state index < -0.39 is 0 Å². The van der Waals surface area contributed by atoms with Crippen LogP contribution in [0.2, 0.25) is 0 Å². The smallest absolute Gasteiger partial charge is 0.164 e. The average molecular weight is 393 g/mol. The van der Waals surface area contributed by atoms with Crippen molar-refractivity contribution in [1.29, 1.82) is 0 Å². The molecule has 1 aromatic carbocycles.